The fourth-order valence-electron chi connectivity index (χ4n) is 2.90. The van der Waals surface area contributed by atoms with Crippen molar-refractivity contribution in [3.63, 3.8) is 0 Å². The highest BCUT2D eigenvalue weighted by Gasteiger charge is 2.28. The van der Waals surface area contributed by atoms with Gasteiger partial charge in [0.05, 0.1) is 6.54 Å². The summed E-state index contributed by atoms with van der Waals surface area (Å²) in [6, 6.07) is 15.2. The Balaban J connectivity index is 1.38. The van der Waals surface area contributed by atoms with E-state index in [1.165, 1.54) is 0 Å². The van der Waals surface area contributed by atoms with Crippen molar-refractivity contribution in [2.45, 2.75) is 6.54 Å². The lowest BCUT2D eigenvalue weighted by atomic mass is 10.1. The molecule has 1 fully saturated rings. The molecule has 27 heavy (non-hydrogen) atoms. The zero-order chi connectivity index (χ0) is 18.8. The number of hydrogen-bond acceptors (Lipinski definition) is 5. The van der Waals surface area contributed by atoms with Crippen LogP contribution in [0.15, 0.2) is 53.1 Å². The molecule has 136 valence electrons. The van der Waals surface area contributed by atoms with E-state index in [2.05, 4.69) is 15.8 Å². The van der Waals surface area contributed by atoms with Crippen molar-refractivity contribution in [3.05, 3.63) is 54.2 Å². The van der Waals surface area contributed by atoms with Gasteiger partial charge in [-0.15, -0.1) is 0 Å². The highest BCUT2D eigenvalue weighted by molar-refractivity contribution is 6.03. The number of amides is 4. The molecule has 4 amide bonds. The molecule has 0 saturated carbocycles. The van der Waals surface area contributed by atoms with Gasteiger partial charge in [-0.3, -0.25) is 14.9 Å². The van der Waals surface area contributed by atoms with E-state index in [9.17, 15) is 14.4 Å². The Morgan fingerprint density at radius 3 is 2.74 bits per heavy atom. The number of imide groups is 1. The van der Waals surface area contributed by atoms with Gasteiger partial charge in [-0.05, 0) is 16.8 Å². The summed E-state index contributed by atoms with van der Waals surface area (Å²) in [6.07, 6.45) is 0. The molecule has 0 aliphatic carbocycles. The predicted octanol–water partition coefficient (Wildman–Crippen LogP) is 1.66. The molecule has 0 spiro atoms. The van der Waals surface area contributed by atoms with Gasteiger partial charge >= 0.3 is 6.03 Å². The molecule has 8 heteroatoms. The summed E-state index contributed by atoms with van der Waals surface area (Å²) in [4.78, 5) is 35.6. The summed E-state index contributed by atoms with van der Waals surface area (Å²) < 4.78 is 5.38. The Hall–Kier alpha value is -3.68. The van der Waals surface area contributed by atoms with Crippen LogP contribution in [0.1, 0.15) is 5.69 Å². The molecule has 0 unspecified atom stereocenters. The van der Waals surface area contributed by atoms with Gasteiger partial charge in [-0.25, -0.2) is 4.79 Å². The first-order valence-corrected chi connectivity index (χ1v) is 8.39. The van der Waals surface area contributed by atoms with Crippen LogP contribution < -0.4 is 10.6 Å². The lowest BCUT2D eigenvalue weighted by molar-refractivity contribution is -0.122. The zero-order valence-electron chi connectivity index (χ0n) is 14.3. The average Bonchev–Trinajstić information content (AvgIpc) is 3.26. The fraction of sp³-hybridized carbons (Fsp3) is 0.158. The normalized spacial score (nSPS) is 13.9. The van der Waals surface area contributed by atoms with Crippen LogP contribution in [-0.2, 0) is 16.1 Å². The number of aromatic nitrogens is 1. The van der Waals surface area contributed by atoms with Gasteiger partial charge in [0.2, 0.25) is 11.8 Å². The minimum Gasteiger partial charge on any atom is -0.356 e. The summed E-state index contributed by atoms with van der Waals surface area (Å²) in [5.41, 5.74) is 1.46. The number of nitrogens with zero attached hydrogens (tertiary/aromatic N) is 2. The van der Waals surface area contributed by atoms with Gasteiger partial charge in [0.25, 0.3) is 0 Å². The molecule has 1 aliphatic heterocycles. The molecule has 0 radical (unpaired) electrons. The predicted molar refractivity (Wildman–Crippen MR) is 96.4 cm³/mol. The van der Waals surface area contributed by atoms with Crippen LogP contribution >= 0.6 is 0 Å². The molecule has 1 saturated heterocycles. The Kier molecular flexibility index (Phi) is 4.29. The molecule has 1 aromatic heterocycles. The number of carbonyl (C=O) groups is 3. The maximum atomic E-state index is 11.9. The fourth-order valence-corrected chi connectivity index (χ4v) is 2.90. The molecule has 1 aliphatic rings. The average molecular weight is 364 g/mol. The number of rotatable bonds is 5. The molecule has 2 N–H and O–H groups in total. The first-order valence-electron chi connectivity index (χ1n) is 8.39. The van der Waals surface area contributed by atoms with E-state index in [0.29, 0.717) is 11.5 Å². The zero-order valence-corrected chi connectivity index (χ0v) is 14.3. The van der Waals surface area contributed by atoms with Gasteiger partial charge in [0.15, 0.2) is 5.76 Å². The highest BCUT2D eigenvalue weighted by atomic mass is 16.5. The van der Waals surface area contributed by atoms with Gasteiger partial charge in [0.1, 0.15) is 18.8 Å². The lowest BCUT2D eigenvalue weighted by Gasteiger charge is -2.11. The van der Waals surface area contributed by atoms with E-state index in [0.717, 1.165) is 21.2 Å². The molecular weight excluding hydrogens is 348 g/mol. The molecule has 2 aromatic carbocycles. The number of fused-ring (bicyclic) bond motifs is 1. The van der Waals surface area contributed by atoms with E-state index in [1.807, 2.05) is 42.5 Å². The van der Waals surface area contributed by atoms with Crippen LogP contribution in [0.2, 0.25) is 0 Å². The van der Waals surface area contributed by atoms with Crippen molar-refractivity contribution in [3.8, 4) is 11.3 Å². The Labute approximate surface area is 154 Å². The number of urea groups is 1. The third-order valence-corrected chi connectivity index (χ3v) is 4.26. The standard InChI is InChI=1S/C19H16N4O4/c24-17(10-23-11-18(25)21-19(23)26)20-9-15-8-16(27-22-15)14-6-5-12-3-1-2-4-13(12)7-14/h1-8H,9-11H2,(H,20,24)(H,21,25,26). The van der Waals surface area contributed by atoms with E-state index >= 15 is 0 Å². The van der Waals surface area contributed by atoms with Crippen molar-refractivity contribution in [1.82, 2.24) is 20.7 Å². The molecule has 8 nitrogen and oxygen atoms in total. The molecular formula is C19H16N4O4. The van der Waals surface area contributed by atoms with Crippen LogP contribution in [-0.4, -0.2) is 41.0 Å². The van der Waals surface area contributed by atoms with Gasteiger partial charge in [0, 0.05) is 11.6 Å². The third-order valence-electron chi connectivity index (χ3n) is 4.26. The van der Waals surface area contributed by atoms with Crippen LogP contribution in [0, 0.1) is 0 Å². The van der Waals surface area contributed by atoms with E-state index < -0.39 is 11.9 Å². The smallest absolute Gasteiger partial charge is 0.325 e. The second-order valence-electron chi connectivity index (χ2n) is 6.23. The van der Waals surface area contributed by atoms with Crippen molar-refractivity contribution >= 4 is 28.6 Å². The Bertz CT molecular complexity index is 1040. The summed E-state index contributed by atoms with van der Waals surface area (Å²) in [5, 5.41) is 11.0. The van der Waals surface area contributed by atoms with E-state index in [-0.39, 0.29) is 25.5 Å². The first kappa shape index (κ1) is 16.8. The van der Waals surface area contributed by atoms with Crippen LogP contribution in [0.5, 0.6) is 0 Å². The van der Waals surface area contributed by atoms with Crippen LogP contribution in [0.3, 0.4) is 0 Å². The van der Waals surface area contributed by atoms with Crippen LogP contribution in [0.25, 0.3) is 22.1 Å². The summed E-state index contributed by atoms with van der Waals surface area (Å²) in [7, 11) is 0. The monoisotopic (exact) mass is 364 g/mol. The van der Waals surface area contributed by atoms with Gasteiger partial charge in [-0.1, -0.05) is 41.6 Å². The van der Waals surface area contributed by atoms with Crippen molar-refractivity contribution in [2.24, 2.45) is 0 Å². The molecule has 3 aromatic rings. The quantitative estimate of drug-likeness (QED) is 0.670. The SMILES string of the molecule is O=C(CN1CC(=O)NC1=O)NCc1cc(-c2ccc3ccccc3c2)on1. The van der Waals surface area contributed by atoms with Crippen molar-refractivity contribution in [2.75, 3.05) is 13.1 Å². The molecule has 0 bridgehead atoms. The lowest BCUT2D eigenvalue weighted by Crippen LogP contribution is -2.38. The topological polar surface area (TPSA) is 105 Å². The minimum atomic E-state index is -0.560. The number of hydrogen-bond donors (Lipinski definition) is 2. The highest BCUT2D eigenvalue weighted by Crippen LogP contribution is 2.25. The third kappa shape index (κ3) is 3.64. The number of carbonyl (C=O) groups excluding carboxylic acids is 3. The summed E-state index contributed by atoms with van der Waals surface area (Å²) in [5.74, 6) is -0.186. The molecule has 4 rings (SSSR count). The van der Waals surface area contributed by atoms with Gasteiger partial charge < -0.3 is 14.7 Å². The largest absolute Gasteiger partial charge is 0.356 e. The molecule has 2 heterocycles. The van der Waals surface area contributed by atoms with E-state index in [4.69, 9.17) is 4.52 Å². The second-order valence-corrected chi connectivity index (χ2v) is 6.23. The van der Waals surface area contributed by atoms with Crippen LogP contribution in [0.4, 0.5) is 4.79 Å². The summed E-state index contributed by atoms with van der Waals surface area (Å²) >= 11 is 0. The number of nitrogens with one attached hydrogen (secondary N) is 2. The van der Waals surface area contributed by atoms with Crippen molar-refractivity contribution < 1.29 is 18.9 Å². The number of benzene rings is 2. The second kappa shape index (κ2) is 6.91. The van der Waals surface area contributed by atoms with Gasteiger partial charge in [-0.2, -0.15) is 0 Å². The van der Waals surface area contributed by atoms with Crippen molar-refractivity contribution in [1.29, 1.82) is 0 Å². The maximum absolute atomic E-state index is 11.9. The summed E-state index contributed by atoms with van der Waals surface area (Å²) in [6.45, 7) is -0.130. The van der Waals surface area contributed by atoms with E-state index in [1.54, 1.807) is 6.07 Å². The Morgan fingerprint density at radius 1 is 1.15 bits per heavy atom. The first-order chi connectivity index (χ1) is 13.1. The maximum Gasteiger partial charge on any atom is 0.325 e. The minimum absolute atomic E-state index is 0.109. The molecule has 0 atom stereocenters. The Morgan fingerprint density at radius 2 is 1.96 bits per heavy atom.